The lowest BCUT2D eigenvalue weighted by Crippen LogP contribution is -2.33. The molecular weight excluding hydrogens is 228 g/mol. The quantitative estimate of drug-likeness (QED) is 0.765. The van der Waals surface area contributed by atoms with E-state index < -0.39 is 0 Å². The maximum absolute atomic E-state index is 5.44. The molecule has 1 heterocycles. The van der Waals surface area contributed by atoms with Crippen LogP contribution < -0.4 is 0 Å². The lowest BCUT2D eigenvalue weighted by molar-refractivity contribution is 0.207. The largest absolute Gasteiger partial charge is 0.337 e. The third-order valence-electron chi connectivity index (χ3n) is 2.96. The smallest absolute Gasteiger partial charge is 0.177 e. The summed E-state index contributed by atoms with van der Waals surface area (Å²) in [5.74, 6) is 0.488. The molecule has 0 spiro atoms. The minimum atomic E-state index is 0.0505. The van der Waals surface area contributed by atoms with Crippen LogP contribution in [0.25, 0.3) is 0 Å². The monoisotopic (exact) mass is 254 g/mol. The van der Waals surface area contributed by atoms with Crippen LogP contribution in [0.15, 0.2) is 6.20 Å². The van der Waals surface area contributed by atoms with E-state index in [0.29, 0.717) is 11.3 Å². The maximum atomic E-state index is 5.44. The van der Waals surface area contributed by atoms with Gasteiger partial charge in [-0.1, -0.05) is 34.6 Å². The Morgan fingerprint density at radius 3 is 2.18 bits per heavy atom. The second kappa shape index (κ2) is 4.60. The SMILES string of the molecule is CC(C)c1c[nH]c(=S)n1C(C)(C)CC(C)(C)C. The standard InChI is InChI=1S/C14H26N2S/c1-10(2)11-8-15-12(17)16(11)14(6,7)9-13(3,4)5/h8,10H,9H2,1-7H3,(H,15,17). The van der Waals surface area contributed by atoms with E-state index in [-0.39, 0.29) is 5.54 Å². The van der Waals surface area contributed by atoms with Gasteiger partial charge in [0.05, 0.1) is 0 Å². The fourth-order valence-electron chi connectivity index (χ4n) is 2.81. The molecule has 0 aliphatic rings. The third kappa shape index (κ3) is 3.44. The average Bonchev–Trinajstić information content (AvgIpc) is 2.42. The number of imidazole rings is 1. The molecule has 0 saturated carbocycles. The van der Waals surface area contributed by atoms with Crippen molar-refractivity contribution in [1.29, 1.82) is 0 Å². The van der Waals surface area contributed by atoms with Crippen LogP contribution in [-0.2, 0) is 5.54 Å². The Morgan fingerprint density at radius 2 is 1.76 bits per heavy atom. The molecule has 0 aliphatic carbocycles. The van der Waals surface area contributed by atoms with Crippen molar-refractivity contribution in [2.24, 2.45) is 5.41 Å². The molecule has 3 heteroatoms. The summed E-state index contributed by atoms with van der Waals surface area (Å²) in [5.41, 5.74) is 1.64. The van der Waals surface area contributed by atoms with E-state index in [1.807, 2.05) is 0 Å². The van der Waals surface area contributed by atoms with Crippen LogP contribution in [0.4, 0.5) is 0 Å². The van der Waals surface area contributed by atoms with Crippen LogP contribution in [0.3, 0.4) is 0 Å². The second-order valence-corrected chi connectivity index (χ2v) is 7.45. The minimum Gasteiger partial charge on any atom is -0.337 e. The van der Waals surface area contributed by atoms with Crippen molar-refractivity contribution in [2.45, 2.75) is 66.3 Å². The molecular formula is C14H26N2S. The third-order valence-corrected chi connectivity index (χ3v) is 3.27. The van der Waals surface area contributed by atoms with Crippen molar-refractivity contribution in [2.75, 3.05) is 0 Å². The summed E-state index contributed by atoms with van der Waals surface area (Å²) in [6, 6.07) is 0. The van der Waals surface area contributed by atoms with Crippen LogP contribution >= 0.6 is 12.2 Å². The summed E-state index contributed by atoms with van der Waals surface area (Å²) in [4.78, 5) is 3.19. The molecule has 1 rings (SSSR count). The zero-order chi connectivity index (χ0) is 13.4. The van der Waals surface area contributed by atoms with Crippen molar-refractivity contribution >= 4 is 12.2 Å². The van der Waals surface area contributed by atoms with E-state index in [0.717, 1.165) is 11.2 Å². The number of nitrogens with zero attached hydrogens (tertiary/aromatic N) is 1. The molecule has 98 valence electrons. The Labute approximate surface area is 110 Å². The number of aromatic amines is 1. The zero-order valence-corrected chi connectivity index (χ0v) is 13.0. The van der Waals surface area contributed by atoms with E-state index in [1.165, 1.54) is 5.69 Å². The van der Waals surface area contributed by atoms with Crippen LogP contribution in [0.5, 0.6) is 0 Å². The van der Waals surface area contributed by atoms with E-state index in [4.69, 9.17) is 12.2 Å². The lowest BCUT2D eigenvalue weighted by atomic mass is 9.81. The van der Waals surface area contributed by atoms with Gasteiger partial charge in [-0.05, 0) is 43.8 Å². The summed E-state index contributed by atoms with van der Waals surface area (Å²) < 4.78 is 3.13. The molecule has 1 aromatic rings. The molecule has 2 nitrogen and oxygen atoms in total. The van der Waals surface area contributed by atoms with E-state index in [1.54, 1.807) is 0 Å². The molecule has 0 radical (unpaired) electrons. The number of H-pyrrole nitrogens is 1. The van der Waals surface area contributed by atoms with Crippen molar-refractivity contribution in [3.63, 3.8) is 0 Å². The number of hydrogen-bond donors (Lipinski definition) is 1. The van der Waals surface area contributed by atoms with Crippen LogP contribution in [0, 0.1) is 10.2 Å². The molecule has 17 heavy (non-hydrogen) atoms. The predicted octanol–water partition coefficient (Wildman–Crippen LogP) is 4.84. The van der Waals surface area contributed by atoms with Gasteiger partial charge in [0.1, 0.15) is 0 Å². The van der Waals surface area contributed by atoms with E-state index in [9.17, 15) is 0 Å². The predicted molar refractivity (Wildman–Crippen MR) is 77.1 cm³/mol. The fraction of sp³-hybridized carbons (Fsp3) is 0.786. The highest BCUT2D eigenvalue weighted by Crippen LogP contribution is 2.34. The molecule has 0 amide bonds. The van der Waals surface area contributed by atoms with Crippen molar-refractivity contribution < 1.29 is 0 Å². The van der Waals surface area contributed by atoms with Gasteiger partial charge >= 0.3 is 0 Å². The van der Waals surface area contributed by atoms with Crippen molar-refractivity contribution in [1.82, 2.24) is 9.55 Å². The van der Waals surface area contributed by atoms with Crippen molar-refractivity contribution in [3.05, 3.63) is 16.7 Å². The molecule has 0 saturated heterocycles. The Hall–Kier alpha value is -0.570. The highest BCUT2D eigenvalue weighted by molar-refractivity contribution is 7.71. The first-order valence-electron chi connectivity index (χ1n) is 6.35. The Balaban J connectivity index is 3.23. The number of nitrogens with one attached hydrogen (secondary N) is 1. The fourth-order valence-corrected chi connectivity index (χ4v) is 3.22. The van der Waals surface area contributed by atoms with Gasteiger partial charge in [0.25, 0.3) is 0 Å². The maximum Gasteiger partial charge on any atom is 0.177 e. The van der Waals surface area contributed by atoms with Crippen molar-refractivity contribution in [3.8, 4) is 0 Å². The zero-order valence-electron chi connectivity index (χ0n) is 12.2. The molecule has 1 aromatic heterocycles. The van der Waals surface area contributed by atoms with Gasteiger partial charge in [-0.15, -0.1) is 0 Å². The van der Waals surface area contributed by atoms with Crippen LogP contribution in [-0.4, -0.2) is 9.55 Å². The number of hydrogen-bond acceptors (Lipinski definition) is 1. The first kappa shape index (κ1) is 14.5. The number of rotatable bonds is 3. The van der Waals surface area contributed by atoms with Crippen LogP contribution in [0.1, 0.15) is 66.5 Å². The number of aromatic nitrogens is 2. The van der Waals surface area contributed by atoms with Gasteiger partial charge in [-0.3, -0.25) is 0 Å². The molecule has 0 aliphatic heterocycles. The van der Waals surface area contributed by atoms with Gasteiger partial charge in [0, 0.05) is 17.4 Å². The Kier molecular flexibility index (Phi) is 3.92. The highest BCUT2D eigenvalue weighted by atomic mass is 32.1. The van der Waals surface area contributed by atoms with Gasteiger partial charge in [-0.2, -0.15) is 0 Å². The summed E-state index contributed by atoms with van der Waals surface area (Å²) >= 11 is 5.44. The van der Waals surface area contributed by atoms with E-state index >= 15 is 0 Å². The lowest BCUT2D eigenvalue weighted by Gasteiger charge is -2.35. The molecule has 0 bridgehead atoms. The van der Waals surface area contributed by atoms with Gasteiger partial charge in [-0.25, -0.2) is 0 Å². The molecule has 0 unspecified atom stereocenters. The summed E-state index contributed by atoms with van der Waals surface area (Å²) in [7, 11) is 0. The van der Waals surface area contributed by atoms with Gasteiger partial charge < -0.3 is 9.55 Å². The normalized spacial score (nSPS) is 13.4. The summed E-state index contributed by atoms with van der Waals surface area (Å²) in [5, 5.41) is 0. The molecule has 0 fully saturated rings. The first-order chi connectivity index (χ1) is 7.54. The van der Waals surface area contributed by atoms with Gasteiger partial charge in [0.15, 0.2) is 4.77 Å². The van der Waals surface area contributed by atoms with E-state index in [2.05, 4.69) is 64.2 Å². The molecule has 1 N–H and O–H groups in total. The van der Waals surface area contributed by atoms with Gasteiger partial charge in [0.2, 0.25) is 0 Å². The molecule has 0 atom stereocenters. The van der Waals surface area contributed by atoms with Crippen LogP contribution in [0.2, 0.25) is 0 Å². The topological polar surface area (TPSA) is 20.7 Å². The minimum absolute atomic E-state index is 0.0505. The first-order valence-corrected chi connectivity index (χ1v) is 6.76. The summed E-state index contributed by atoms with van der Waals surface area (Å²) in [6.07, 6.45) is 3.16. The Morgan fingerprint density at radius 1 is 1.24 bits per heavy atom. The highest BCUT2D eigenvalue weighted by Gasteiger charge is 2.29. The average molecular weight is 254 g/mol. The Bertz CT molecular complexity index is 430. The summed E-state index contributed by atoms with van der Waals surface area (Å²) in [6.45, 7) is 15.8. The second-order valence-electron chi connectivity index (χ2n) is 7.06. The molecule has 0 aromatic carbocycles.